The summed E-state index contributed by atoms with van der Waals surface area (Å²) in [6.07, 6.45) is 3.48. The molecule has 9 heteroatoms. The normalized spacial score (nSPS) is 13.2. The third-order valence-electron chi connectivity index (χ3n) is 4.52. The minimum Gasteiger partial charge on any atom is -0.486 e. The molecule has 1 aromatic carbocycles. The minimum atomic E-state index is -1.15. The van der Waals surface area contributed by atoms with Crippen LogP contribution in [0.2, 0.25) is 0 Å². The zero-order chi connectivity index (χ0) is 22.5. The number of carbonyl (C=O) groups is 3. The average Bonchev–Trinajstić information content (AvgIpc) is 3.08. The van der Waals surface area contributed by atoms with Crippen LogP contribution in [0.1, 0.15) is 43.9 Å². The number of carbonyl (C=O) groups excluding carboxylic acids is 2. The molecule has 2 aromatic rings. The molecule has 0 saturated heterocycles. The third-order valence-corrected chi connectivity index (χ3v) is 4.52. The number of amides is 2. The summed E-state index contributed by atoms with van der Waals surface area (Å²) in [5.74, 6) is -0.952. The van der Waals surface area contributed by atoms with E-state index >= 15 is 0 Å². The van der Waals surface area contributed by atoms with E-state index in [1.807, 2.05) is 17.8 Å². The van der Waals surface area contributed by atoms with Gasteiger partial charge in [0, 0.05) is 25.0 Å². The van der Waals surface area contributed by atoms with Crippen LogP contribution in [-0.2, 0) is 23.2 Å². The van der Waals surface area contributed by atoms with Crippen LogP contribution in [0, 0.1) is 5.41 Å². The number of benzene rings is 1. The van der Waals surface area contributed by atoms with Crippen LogP contribution < -0.4 is 15.4 Å². The van der Waals surface area contributed by atoms with Crippen molar-refractivity contribution in [1.82, 2.24) is 20.2 Å². The molecular formula is C21H28N4O5. The lowest BCUT2D eigenvalue weighted by Crippen LogP contribution is -2.56. The van der Waals surface area contributed by atoms with Crippen molar-refractivity contribution in [3.63, 3.8) is 0 Å². The lowest BCUT2D eigenvalue weighted by atomic mass is 9.85. The largest absolute Gasteiger partial charge is 0.486 e. The van der Waals surface area contributed by atoms with Crippen molar-refractivity contribution in [1.29, 1.82) is 0 Å². The second kappa shape index (κ2) is 9.43. The highest BCUT2D eigenvalue weighted by Crippen LogP contribution is 2.21. The monoisotopic (exact) mass is 416 g/mol. The molecule has 3 N–H and O–H groups in total. The molecule has 0 saturated carbocycles. The van der Waals surface area contributed by atoms with Gasteiger partial charge in [0.1, 0.15) is 30.3 Å². The Morgan fingerprint density at radius 2 is 1.93 bits per heavy atom. The number of imidazole rings is 1. The summed E-state index contributed by atoms with van der Waals surface area (Å²) in [6, 6.07) is 4.60. The first-order chi connectivity index (χ1) is 14.0. The second-order valence-electron chi connectivity index (χ2n) is 8.11. The Kier molecular flexibility index (Phi) is 7.20. The predicted molar refractivity (Wildman–Crippen MR) is 110 cm³/mol. The number of rotatable bonds is 8. The van der Waals surface area contributed by atoms with Gasteiger partial charge < -0.3 is 25.0 Å². The molecule has 0 aliphatic rings. The van der Waals surface area contributed by atoms with Gasteiger partial charge in [-0.25, -0.2) is 4.98 Å². The van der Waals surface area contributed by atoms with Crippen LogP contribution in [0.3, 0.4) is 0 Å². The lowest BCUT2D eigenvalue weighted by Gasteiger charge is -2.31. The highest BCUT2D eigenvalue weighted by Gasteiger charge is 2.34. The number of aryl methyl sites for hydroxylation is 1. The number of carboxylic acids is 1. The molecule has 1 heterocycles. The lowest BCUT2D eigenvalue weighted by molar-refractivity contribution is -0.142. The van der Waals surface area contributed by atoms with E-state index in [0.29, 0.717) is 11.3 Å². The van der Waals surface area contributed by atoms with Gasteiger partial charge in [0.2, 0.25) is 5.91 Å². The zero-order valence-electron chi connectivity index (χ0n) is 17.8. The Morgan fingerprint density at radius 1 is 1.23 bits per heavy atom. The van der Waals surface area contributed by atoms with Crippen LogP contribution in [0.25, 0.3) is 0 Å². The van der Waals surface area contributed by atoms with Crippen molar-refractivity contribution in [3.05, 3.63) is 48.0 Å². The standard InChI is InChI=1S/C21H28N4O5/c1-13(20(28)29)23-19(27)17(21(2,3)4)24-18(26)14-7-6-8-15(11-14)30-12-16-22-9-10-25(16)5/h6-11,13,17H,12H2,1-5H3,(H,23,27)(H,24,26)(H,28,29)/t13-,17+/m0/s1. The fraction of sp³-hybridized carbons (Fsp3) is 0.429. The summed E-state index contributed by atoms with van der Waals surface area (Å²) in [4.78, 5) is 40.6. The topological polar surface area (TPSA) is 123 Å². The first-order valence-corrected chi connectivity index (χ1v) is 9.52. The maximum absolute atomic E-state index is 12.8. The molecule has 1 aromatic heterocycles. The Balaban J connectivity index is 2.10. The smallest absolute Gasteiger partial charge is 0.325 e. The number of hydrogen-bond donors (Lipinski definition) is 3. The van der Waals surface area contributed by atoms with Crippen LogP contribution in [0.4, 0.5) is 0 Å². The van der Waals surface area contributed by atoms with Crippen molar-refractivity contribution in [2.24, 2.45) is 12.5 Å². The van der Waals surface area contributed by atoms with E-state index in [1.54, 1.807) is 51.2 Å². The van der Waals surface area contributed by atoms with E-state index in [0.717, 1.165) is 5.82 Å². The van der Waals surface area contributed by atoms with Gasteiger partial charge in [0.15, 0.2) is 0 Å². The van der Waals surface area contributed by atoms with Gasteiger partial charge in [0.25, 0.3) is 5.91 Å². The molecule has 0 spiro atoms. The van der Waals surface area contributed by atoms with Crippen LogP contribution in [-0.4, -0.2) is 44.5 Å². The Labute approximate surface area is 175 Å². The molecule has 2 amide bonds. The van der Waals surface area contributed by atoms with Gasteiger partial charge in [-0.3, -0.25) is 14.4 Å². The molecule has 0 unspecified atom stereocenters. The molecule has 0 bridgehead atoms. The first kappa shape index (κ1) is 22.9. The van der Waals surface area contributed by atoms with E-state index in [2.05, 4.69) is 15.6 Å². The quantitative estimate of drug-likeness (QED) is 0.602. The van der Waals surface area contributed by atoms with E-state index < -0.39 is 35.3 Å². The van der Waals surface area contributed by atoms with E-state index in [4.69, 9.17) is 9.84 Å². The molecule has 0 radical (unpaired) electrons. The number of nitrogens with zero attached hydrogens (tertiary/aromatic N) is 2. The number of hydrogen-bond acceptors (Lipinski definition) is 5. The van der Waals surface area contributed by atoms with Gasteiger partial charge in [0.05, 0.1) is 0 Å². The Hall–Kier alpha value is -3.36. The summed E-state index contributed by atoms with van der Waals surface area (Å²) < 4.78 is 7.55. The average molecular weight is 416 g/mol. The third kappa shape index (κ3) is 6.07. The molecular weight excluding hydrogens is 388 g/mol. The number of nitrogens with one attached hydrogen (secondary N) is 2. The zero-order valence-corrected chi connectivity index (χ0v) is 17.8. The number of carboxylic acid groups (broad SMARTS) is 1. The summed E-state index contributed by atoms with van der Waals surface area (Å²) in [6.45, 7) is 6.97. The highest BCUT2D eigenvalue weighted by atomic mass is 16.5. The van der Waals surface area contributed by atoms with Gasteiger partial charge in [-0.15, -0.1) is 0 Å². The fourth-order valence-electron chi connectivity index (χ4n) is 2.66. The van der Waals surface area contributed by atoms with Crippen LogP contribution in [0.5, 0.6) is 5.75 Å². The second-order valence-corrected chi connectivity index (χ2v) is 8.11. The summed E-state index contributed by atoms with van der Waals surface area (Å²) in [5.41, 5.74) is -0.315. The summed E-state index contributed by atoms with van der Waals surface area (Å²) >= 11 is 0. The summed E-state index contributed by atoms with van der Waals surface area (Å²) in [7, 11) is 1.86. The van der Waals surface area contributed by atoms with E-state index in [9.17, 15) is 14.4 Å². The van der Waals surface area contributed by atoms with Gasteiger partial charge in [-0.05, 0) is 30.5 Å². The maximum Gasteiger partial charge on any atom is 0.325 e. The van der Waals surface area contributed by atoms with Crippen LogP contribution >= 0.6 is 0 Å². The molecule has 0 aliphatic carbocycles. The predicted octanol–water partition coefficient (Wildman–Crippen LogP) is 1.73. The van der Waals surface area contributed by atoms with Crippen molar-refractivity contribution >= 4 is 17.8 Å². The van der Waals surface area contributed by atoms with Gasteiger partial charge >= 0.3 is 5.97 Å². The molecule has 0 aliphatic heterocycles. The molecule has 0 fully saturated rings. The fourth-order valence-corrected chi connectivity index (χ4v) is 2.66. The number of aliphatic carboxylic acids is 1. The van der Waals surface area contributed by atoms with Crippen molar-refractivity contribution in [3.8, 4) is 5.75 Å². The molecule has 30 heavy (non-hydrogen) atoms. The first-order valence-electron chi connectivity index (χ1n) is 9.52. The number of aromatic nitrogens is 2. The molecule has 2 rings (SSSR count). The minimum absolute atomic E-state index is 0.245. The van der Waals surface area contributed by atoms with E-state index in [-0.39, 0.29) is 6.61 Å². The van der Waals surface area contributed by atoms with Crippen LogP contribution in [0.15, 0.2) is 36.7 Å². The summed E-state index contributed by atoms with van der Waals surface area (Å²) in [5, 5.41) is 14.1. The Bertz CT molecular complexity index is 916. The molecule has 162 valence electrons. The maximum atomic E-state index is 12.8. The van der Waals surface area contributed by atoms with E-state index in [1.165, 1.54) is 6.92 Å². The van der Waals surface area contributed by atoms with Crippen molar-refractivity contribution in [2.45, 2.75) is 46.4 Å². The SMILES string of the molecule is C[C@H](NC(=O)[C@@H](NC(=O)c1cccc(OCc2nccn2C)c1)C(C)(C)C)C(=O)O. The van der Waals surface area contributed by atoms with Gasteiger partial charge in [-0.1, -0.05) is 26.8 Å². The van der Waals surface area contributed by atoms with Crippen molar-refractivity contribution < 1.29 is 24.2 Å². The Morgan fingerprint density at radius 3 is 2.50 bits per heavy atom. The molecule has 9 nitrogen and oxygen atoms in total. The number of ether oxygens (including phenoxy) is 1. The highest BCUT2D eigenvalue weighted by molar-refractivity contribution is 5.98. The molecule has 2 atom stereocenters. The van der Waals surface area contributed by atoms with Gasteiger partial charge in [-0.2, -0.15) is 0 Å². The van der Waals surface area contributed by atoms with Crippen molar-refractivity contribution in [2.75, 3.05) is 0 Å².